The molecule has 0 heterocycles. The number of ether oxygens (including phenoxy) is 1. The predicted octanol–water partition coefficient (Wildman–Crippen LogP) is 3.78. The van der Waals surface area contributed by atoms with Crippen LogP contribution in [0.4, 0.5) is 0 Å². The molecule has 0 bridgehead atoms. The van der Waals surface area contributed by atoms with Gasteiger partial charge in [-0.2, -0.15) is 10.5 Å². The van der Waals surface area contributed by atoms with Crippen LogP contribution in [0, 0.1) is 46.3 Å². The minimum absolute atomic E-state index is 0.211. The Balaban J connectivity index is 0.000000311. The maximum atomic E-state index is 11.7. The van der Waals surface area contributed by atoms with Crippen molar-refractivity contribution in [2.75, 3.05) is 0 Å². The molecule has 0 spiro atoms. The zero-order valence-electron chi connectivity index (χ0n) is 16.7. The van der Waals surface area contributed by atoms with Crippen LogP contribution in [0.2, 0.25) is 0 Å². The Morgan fingerprint density at radius 3 is 1.53 bits per heavy atom. The van der Waals surface area contributed by atoms with Gasteiger partial charge in [0.2, 0.25) is 0 Å². The van der Waals surface area contributed by atoms with Crippen LogP contribution in [0.25, 0.3) is 0 Å². The highest BCUT2D eigenvalue weighted by molar-refractivity contribution is 5.89. The van der Waals surface area contributed by atoms with Gasteiger partial charge in [-0.15, -0.1) is 0 Å². The van der Waals surface area contributed by atoms with Crippen molar-refractivity contribution < 1.29 is 19.4 Å². The number of nitriles is 2. The number of esters is 1. The quantitative estimate of drug-likeness (QED) is 0.609. The van der Waals surface area contributed by atoms with E-state index in [1.165, 1.54) is 12.1 Å². The molecule has 0 unspecified atom stereocenters. The topological polar surface area (TPSA) is 111 Å². The summed E-state index contributed by atoms with van der Waals surface area (Å²) in [5, 5.41) is 25.0. The van der Waals surface area contributed by atoms with Gasteiger partial charge >= 0.3 is 11.9 Å². The van der Waals surface area contributed by atoms with Crippen molar-refractivity contribution in [3.05, 3.63) is 70.8 Å². The third-order valence-corrected chi connectivity index (χ3v) is 3.18. The van der Waals surface area contributed by atoms with Crippen molar-refractivity contribution in [3.8, 4) is 35.8 Å². The highest BCUT2D eigenvalue weighted by atomic mass is 16.6. The first-order valence-corrected chi connectivity index (χ1v) is 8.63. The lowest BCUT2D eigenvalue weighted by Gasteiger charge is -2.19. The standard InChI is InChI=1S/C14H13NO2.C10H5NO2/c1-14(2,3)17-13(16)12-8-6-11(7-9-12)5-4-10-15;11-7-1-2-8-3-5-9(6-4-8)10(12)13/h6-9H,1-3H3;3-6H,(H,12,13). The molecule has 30 heavy (non-hydrogen) atoms. The first kappa shape index (κ1) is 23.5. The Morgan fingerprint density at radius 2 is 1.20 bits per heavy atom. The van der Waals surface area contributed by atoms with Crippen LogP contribution in [0.1, 0.15) is 52.6 Å². The van der Waals surface area contributed by atoms with Crippen molar-refractivity contribution in [2.24, 2.45) is 0 Å². The summed E-state index contributed by atoms with van der Waals surface area (Å²) < 4.78 is 5.22. The highest BCUT2D eigenvalue weighted by Crippen LogP contribution is 2.12. The number of carboxylic acid groups (broad SMARTS) is 1. The zero-order chi connectivity index (χ0) is 22.6. The van der Waals surface area contributed by atoms with Crippen LogP contribution < -0.4 is 0 Å². The summed E-state index contributed by atoms with van der Waals surface area (Å²) in [5.41, 5.74) is 1.51. The molecule has 0 saturated carbocycles. The molecule has 6 nitrogen and oxygen atoms in total. The van der Waals surface area contributed by atoms with Gasteiger partial charge in [-0.05, 0) is 69.3 Å². The molecule has 0 aliphatic carbocycles. The van der Waals surface area contributed by atoms with E-state index in [0.29, 0.717) is 16.7 Å². The lowest BCUT2D eigenvalue weighted by atomic mass is 10.1. The van der Waals surface area contributed by atoms with Crippen LogP contribution in [0.15, 0.2) is 48.5 Å². The molecule has 0 saturated heterocycles. The van der Waals surface area contributed by atoms with E-state index in [0.717, 1.165) is 0 Å². The molecule has 0 atom stereocenters. The van der Waals surface area contributed by atoms with Gasteiger partial charge in [-0.1, -0.05) is 11.8 Å². The van der Waals surface area contributed by atoms with Gasteiger partial charge in [0.1, 0.15) is 5.60 Å². The van der Waals surface area contributed by atoms with E-state index in [1.807, 2.05) is 20.8 Å². The largest absolute Gasteiger partial charge is 0.478 e. The molecule has 0 fully saturated rings. The number of carbonyl (C=O) groups excluding carboxylic acids is 1. The Hall–Kier alpha value is -4.52. The van der Waals surface area contributed by atoms with Crippen molar-refractivity contribution in [1.82, 2.24) is 0 Å². The number of hydrogen-bond donors (Lipinski definition) is 1. The summed E-state index contributed by atoms with van der Waals surface area (Å²) >= 11 is 0. The highest BCUT2D eigenvalue weighted by Gasteiger charge is 2.17. The van der Waals surface area contributed by atoms with Crippen LogP contribution >= 0.6 is 0 Å². The Morgan fingerprint density at radius 1 is 0.800 bits per heavy atom. The number of nitrogens with zero attached hydrogens (tertiary/aromatic N) is 2. The molecule has 0 aromatic heterocycles. The van der Waals surface area contributed by atoms with Crippen LogP contribution in [-0.4, -0.2) is 22.6 Å². The van der Waals surface area contributed by atoms with Gasteiger partial charge in [0.25, 0.3) is 0 Å². The van der Waals surface area contributed by atoms with Gasteiger partial charge in [0, 0.05) is 23.0 Å². The maximum absolute atomic E-state index is 11.7. The summed E-state index contributed by atoms with van der Waals surface area (Å²) in [5.74, 6) is 8.38. The van der Waals surface area contributed by atoms with Crippen molar-refractivity contribution in [2.45, 2.75) is 26.4 Å². The minimum Gasteiger partial charge on any atom is -0.478 e. The van der Waals surface area contributed by atoms with Gasteiger partial charge in [0.15, 0.2) is 12.1 Å². The van der Waals surface area contributed by atoms with E-state index in [1.54, 1.807) is 48.5 Å². The molecule has 0 aliphatic rings. The second-order valence-electron chi connectivity index (χ2n) is 6.69. The van der Waals surface area contributed by atoms with Crippen molar-refractivity contribution in [3.63, 3.8) is 0 Å². The molecular weight excluding hydrogens is 380 g/mol. The molecule has 6 heteroatoms. The minimum atomic E-state index is -0.972. The molecule has 0 radical (unpaired) electrons. The lowest BCUT2D eigenvalue weighted by Crippen LogP contribution is -2.23. The van der Waals surface area contributed by atoms with Crippen LogP contribution in [0.5, 0.6) is 0 Å². The maximum Gasteiger partial charge on any atom is 0.338 e. The number of carbonyl (C=O) groups is 2. The third kappa shape index (κ3) is 8.92. The molecule has 2 aromatic rings. The number of aromatic carboxylic acids is 1. The Kier molecular flexibility index (Phi) is 8.90. The SMILES string of the molecule is CC(C)(C)OC(=O)c1ccc(C#CC#N)cc1.N#CC#Cc1ccc(C(=O)O)cc1. The second-order valence-corrected chi connectivity index (χ2v) is 6.69. The summed E-state index contributed by atoms with van der Waals surface area (Å²) in [6, 6.07) is 16.1. The molecule has 2 aromatic carbocycles. The van der Waals surface area contributed by atoms with Crippen LogP contribution in [-0.2, 0) is 4.74 Å². The number of hydrogen-bond acceptors (Lipinski definition) is 5. The fourth-order valence-corrected chi connectivity index (χ4v) is 1.92. The number of rotatable bonds is 2. The molecular formula is C24H18N2O4. The molecule has 0 aliphatic heterocycles. The van der Waals surface area contributed by atoms with E-state index >= 15 is 0 Å². The van der Waals surface area contributed by atoms with Gasteiger partial charge in [-0.25, -0.2) is 9.59 Å². The monoisotopic (exact) mass is 398 g/mol. The average Bonchev–Trinajstić information content (AvgIpc) is 2.70. The summed E-state index contributed by atoms with van der Waals surface area (Å²) in [6.45, 7) is 5.45. The number of benzene rings is 2. The molecule has 1 N–H and O–H groups in total. The second kappa shape index (κ2) is 11.4. The smallest absolute Gasteiger partial charge is 0.338 e. The van der Waals surface area contributed by atoms with Gasteiger partial charge in [-0.3, -0.25) is 0 Å². The summed E-state index contributed by atoms with van der Waals surface area (Å²) in [6.07, 6.45) is 0. The number of carboxylic acids is 1. The fraction of sp³-hybridized carbons (Fsp3) is 0.167. The fourth-order valence-electron chi connectivity index (χ4n) is 1.92. The average molecular weight is 398 g/mol. The van der Waals surface area contributed by atoms with Crippen molar-refractivity contribution >= 4 is 11.9 Å². The Labute approximate surface area is 175 Å². The molecule has 0 amide bonds. The van der Waals surface area contributed by atoms with Gasteiger partial charge in [0.05, 0.1) is 11.1 Å². The molecule has 148 valence electrons. The summed E-state index contributed by atoms with van der Waals surface area (Å²) in [4.78, 5) is 22.1. The van der Waals surface area contributed by atoms with Crippen LogP contribution in [0.3, 0.4) is 0 Å². The predicted molar refractivity (Wildman–Crippen MR) is 110 cm³/mol. The summed E-state index contributed by atoms with van der Waals surface area (Å²) in [7, 11) is 0. The zero-order valence-corrected chi connectivity index (χ0v) is 16.7. The van der Waals surface area contributed by atoms with E-state index < -0.39 is 11.6 Å². The first-order chi connectivity index (χ1) is 14.2. The normalized spacial score (nSPS) is 8.97. The van der Waals surface area contributed by atoms with Gasteiger partial charge < -0.3 is 9.84 Å². The van der Waals surface area contributed by atoms with Crippen molar-refractivity contribution in [1.29, 1.82) is 10.5 Å². The Bertz CT molecular complexity index is 1100. The molecule has 2 rings (SSSR count). The van der Waals surface area contributed by atoms with E-state index in [4.69, 9.17) is 20.4 Å². The first-order valence-electron chi connectivity index (χ1n) is 8.63. The van der Waals surface area contributed by atoms with E-state index in [-0.39, 0.29) is 11.5 Å². The lowest BCUT2D eigenvalue weighted by molar-refractivity contribution is 0.00693. The van der Waals surface area contributed by atoms with E-state index in [2.05, 4.69) is 23.7 Å². The third-order valence-electron chi connectivity index (χ3n) is 3.18. The van der Waals surface area contributed by atoms with E-state index in [9.17, 15) is 9.59 Å².